The molecule has 2 aromatic heterocycles. The van der Waals surface area contributed by atoms with Gasteiger partial charge in [-0.2, -0.15) is 0 Å². The molecule has 0 aliphatic carbocycles. The van der Waals surface area contributed by atoms with Gasteiger partial charge in [0.25, 0.3) is 0 Å². The van der Waals surface area contributed by atoms with Crippen LogP contribution in [0.1, 0.15) is 22.6 Å². The number of rotatable bonds is 4. The molecule has 0 saturated carbocycles. The minimum absolute atomic E-state index is 0.0218. The van der Waals surface area contributed by atoms with E-state index in [1.54, 1.807) is 11.3 Å². The molecule has 1 aliphatic heterocycles. The summed E-state index contributed by atoms with van der Waals surface area (Å²) in [5, 5.41) is 5.12. The van der Waals surface area contributed by atoms with E-state index in [1.165, 1.54) is 4.88 Å². The summed E-state index contributed by atoms with van der Waals surface area (Å²) in [5.74, 6) is 0. The zero-order valence-electron chi connectivity index (χ0n) is 14.1. The maximum Gasteiger partial charge on any atom is 0.317 e. The van der Waals surface area contributed by atoms with Crippen LogP contribution in [0.2, 0.25) is 0 Å². The number of hydrogen-bond donors (Lipinski definition) is 1. The highest BCUT2D eigenvalue weighted by atomic mass is 32.1. The second kappa shape index (κ2) is 8.26. The third kappa shape index (κ3) is 4.79. The lowest BCUT2D eigenvalue weighted by Crippen LogP contribution is -2.41. The SMILES string of the molecule is Cc1ccc(CNC(=O)N2CCCN(Cc3cccs3)CC2)cn1. The highest BCUT2D eigenvalue weighted by Crippen LogP contribution is 2.13. The Morgan fingerprint density at radius 2 is 2.17 bits per heavy atom. The molecule has 1 saturated heterocycles. The summed E-state index contributed by atoms with van der Waals surface area (Å²) < 4.78 is 0. The Hall–Kier alpha value is -1.92. The number of urea groups is 1. The van der Waals surface area contributed by atoms with Gasteiger partial charge in [0.1, 0.15) is 0 Å². The summed E-state index contributed by atoms with van der Waals surface area (Å²) >= 11 is 1.80. The van der Waals surface area contributed by atoms with Crippen molar-refractivity contribution in [3.63, 3.8) is 0 Å². The fraction of sp³-hybridized carbons (Fsp3) is 0.444. The number of aryl methyl sites for hydroxylation is 1. The van der Waals surface area contributed by atoms with Gasteiger partial charge in [0, 0.05) is 56.0 Å². The minimum atomic E-state index is 0.0218. The van der Waals surface area contributed by atoms with Crippen molar-refractivity contribution in [1.82, 2.24) is 20.1 Å². The van der Waals surface area contributed by atoms with E-state index in [4.69, 9.17) is 0 Å². The standard InChI is InChI=1S/C18H24N4OS/c1-15-5-6-16(12-19-15)13-20-18(23)22-8-3-7-21(9-10-22)14-17-4-2-11-24-17/h2,4-6,11-12H,3,7-10,13-14H2,1H3,(H,20,23). The Morgan fingerprint density at radius 1 is 1.25 bits per heavy atom. The van der Waals surface area contributed by atoms with E-state index in [-0.39, 0.29) is 6.03 Å². The van der Waals surface area contributed by atoms with Crippen molar-refractivity contribution in [2.24, 2.45) is 0 Å². The normalized spacial score (nSPS) is 16.0. The summed E-state index contributed by atoms with van der Waals surface area (Å²) in [6.07, 6.45) is 2.84. The van der Waals surface area contributed by atoms with Crippen molar-refractivity contribution < 1.29 is 4.79 Å². The highest BCUT2D eigenvalue weighted by molar-refractivity contribution is 7.09. The number of aromatic nitrogens is 1. The maximum atomic E-state index is 12.4. The summed E-state index contributed by atoms with van der Waals surface area (Å²) in [6, 6.07) is 8.27. The molecule has 3 rings (SSSR count). The van der Waals surface area contributed by atoms with Crippen LogP contribution in [0.4, 0.5) is 4.79 Å². The van der Waals surface area contributed by atoms with E-state index in [0.717, 1.165) is 50.4 Å². The van der Waals surface area contributed by atoms with Crippen LogP contribution in [0.3, 0.4) is 0 Å². The summed E-state index contributed by atoms with van der Waals surface area (Å²) in [7, 11) is 0. The molecule has 24 heavy (non-hydrogen) atoms. The molecule has 6 heteroatoms. The van der Waals surface area contributed by atoms with Crippen LogP contribution in [-0.4, -0.2) is 47.0 Å². The Balaban J connectivity index is 1.46. The second-order valence-corrected chi connectivity index (χ2v) is 7.19. The largest absolute Gasteiger partial charge is 0.334 e. The first-order valence-corrected chi connectivity index (χ1v) is 9.28. The molecule has 128 valence electrons. The molecule has 5 nitrogen and oxygen atoms in total. The van der Waals surface area contributed by atoms with Gasteiger partial charge in [-0.25, -0.2) is 4.79 Å². The minimum Gasteiger partial charge on any atom is -0.334 e. The summed E-state index contributed by atoms with van der Waals surface area (Å²) in [6.45, 7) is 7.05. The molecule has 0 atom stereocenters. The fourth-order valence-electron chi connectivity index (χ4n) is 2.85. The number of amides is 2. The third-order valence-corrected chi connectivity index (χ3v) is 5.11. The Labute approximate surface area is 147 Å². The molecule has 2 amide bonds. The van der Waals surface area contributed by atoms with Crippen molar-refractivity contribution in [3.05, 3.63) is 52.0 Å². The van der Waals surface area contributed by atoms with Gasteiger partial charge in [-0.1, -0.05) is 12.1 Å². The van der Waals surface area contributed by atoms with Gasteiger partial charge < -0.3 is 10.2 Å². The lowest BCUT2D eigenvalue weighted by molar-refractivity contribution is 0.197. The zero-order valence-corrected chi connectivity index (χ0v) is 14.9. The van der Waals surface area contributed by atoms with Gasteiger partial charge in [-0.15, -0.1) is 11.3 Å². The average molecular weight is 344 g/mol. The number of carbonyl (C=O) groups excluding carboxylic acids is 1. The number of carbonyl (C=O) groups is 1. The van der Waals surface area contributed by atoms with Crippen LogP contribution in [-0.2, 0) is 13.1 Å². The monoisotopic (exact) mass is 344 g/mol. The topological polar surface area (TPSA) is 48.5 Å². The second-order valence-electron chi connectivity index (χ2n) is 6.16. The molecule has 0 spiro atoms. The van der Waals surface area contributed by atoms with E-state index in [9.17, 15) is 4.79 Å². The van der Waals surface area contributed by atoms with Gasteiger partial charge in [-0.05, 0) is 36.4 Å². The molecular weight excluding hydrogens is 320 g/mol. The first-order chi connectivity index (χ1) is 11.7. The van der Waals surface area contributed by atoms with Gasteiger partial charge in [0.05, 0.1) is 0 Å². The van der Waals surface area contributed by atoms with E-state index in [2.05, 4.69) is 32.7 Å². The Bertz CT molecular complexity index is 642. The van der Waals surface area contributed by atoms with Gasteiger partial charge in [0.15, 0.2) is 0 Å². The lowest BCUT2D eigenvalue weighted by Gasteiger charge is -2.22. The van der Waals surface area contributed by atoms with Gasteiger partial charge in [-0.3, -0.25) is 9.88 Å². The number of thiophene rings is 1. The van der Waals surface area contributed by atoms with Crippen molar-refractivity contribution in [2.45, 2.75) is 26.4 Å². The molecule has 0 radical (unpaired) electrons. The molecule has 2 aromatic rings. The van der Waals surface area contributed by atoms with E-state index >= 15 is 0 Å². The summed E-state index contributed by atoms with van der Waals surface area (Å²) in [5.41, 5.74) is 2.02. The van der Waals surface area contributed by atoms with E-state index in [0.29, 0.717) is 6.54 Å². The number of nitrogens with zero attached hydrogens (tertiary/aromatic N) is 3. The van der Waals surface area contributed by atoms with Gasteiger partial charge >= 0.3 is 6.03 Å². The quantitative estimate of drug-likeness (QED) is 0.928. The molecule has 0 aromatic carbocycles. The van der Waals surface area contributed by atoms with E-state index in [1.807, 2.05) is 30.2 Å². The Morgan fingerprint density at radius 3 is 2.92 bits per heavy atom. The van der Waals surface area contributed by atoms with E-state index < -0.39 is 0 Å². The first-order valence-electron chi connectivity index (χ1n) is 8.40. The van der Waals surface area contributed by atoms with Crippen LogP contribution in [0.15, 0.2) is 35.8 Å². The lowest BCUT2D eigenvalue weighted by atomic mass is 10.2. The zero-order chi connectivity index (χ0) is 16.8. The van der Waals surface area contributed by atoms with Crippen LogP contribution in [0.5, 0.6) is 0 Å². The smallest absolute Gasteiger partial charge is 0.317 e. The van der Waals surface area contributed by atoms with Crippen LogP contribution in [0.25, 0.3) is 0 Å². The number of pyridine rings is 1. The van der Waals surface area contributed by atoms with Crippen molar-refractivity contribution in [2.75, 3.05) is 26.2 Å². The predicted octanol–water partition coefficient (Wildman–Crippen LogP) is 2.87. The van der Waals surface area contributed by atoms with Crippen molar-refractivity contribution >= 4 is 17.4 Å². The van der Waals surface area contributed by atoms with Crippen LogP contribution < -0.4 is 5.32 Å². The highest BCUT2D eigenvalue weighted by Gasteiger charge is 2.19. The number of hydrogen-bond acceptors (Lipinski definition) is 4. The Kier molecular flexibility index (Phi) is 5.82. The fourth-order valence-corrected chi connectivity index (χ4v) is 3.59. The third-order valence-electron chi connectivity index (χ3n) is 4.25. The predicted molar refractivity (Wildman–Crippen MR) is 97.0 cm³/mol. The number of nitrogens with one attached hydrogen (secondary N) is 1. The van der Waals surface area contributed by atoms with Crippen molar-refractivity contribution in [1.29, 1.82) is 0 Å². The molecule has 3 heterocycles. The van der Waals surface area contributed by atoms with Crippen LogP contribution in [0, 0.1) is 6.92 Å². The molecule has 1 aliphatic rings. The molecule has 1 N–H and O–H groups in total. The molecule has 0 bridgehead atoms. The van der Waals surface area contributed by atoms with Crippen molar-refractivity contribution in [3.8, 4) is 0 Å². The van der Waals surface area contributed by atoms with Crippen LogP contribution >= 0.6 is 11.3 Å². The van der Waals surface area contributed by atoms with Gasteiger partial charge in [0.2, 0.25) is 0 Å². The summed E-state index contributed by atoms with van der Waals surface area (Å²) in [4.78, 5) is 22.4. The molecule has 1 fully saturated rings. The first kappa shape index (κ1) is 16.9. The molecule has 0 unspecified atom stereocenters. The molecular formula is C18H24N4OS. The maximum absolute atomic E-state index is 12.4. The average Bonchev–Trinajstić information content (AvgIpc) is 2.98.